The molecule has 0 aliphatic carbocycles. The number of hydrogen-bond acceptors (Lipinski definition) is 3. The highest BCUT2D eigenvalue weighted by Crippen LogP contribution is 2.23. The third-order valence-corrected chi connectivity index (χ3v) is 3.84. The molecular weight excluding hydrogens is 418 g/mol. The topological polar surface area (TPSA) is 78.4 Å². The molecule has 0 spiro atoms. The van der Waals surface area contributed by atoms with Gasteiger partial charge < -0.3 is 15.7 Å². The number of rotatable bonds is 7. The van der Waals surface area contributed by atoms with Crippen LogP contribution in [0.15, 0.2) is 30.3 Å². The molecule has 2 aromatic carbocycles. The lowest BCUT2D eigenvalue weighted by atomic mass is 10.1. The molecule has 0 saturated carbocycles. The largest absolute Gasteiger partial charge is 0.394 e. The van der Waals surface area contributed by atoms with E-state index >= 15 is 0 Å². The molecule has 2 aromatic rings. The Labute approximate surface area is 166 Å². The van der Waals surface area contributed by atoms with Crippen molar-refractivity contribution in [3.8, 4) is 0 Å². The molecule has 0 saturated heterocycles. The second-order valence-electron chi connectivity index (χ2n) is 5.90. The van der Waals surface area contributed by atoms with Crippen LogP contribution in [0.4, 0.5) is 26.3 Å². The summed E-state index contributed by atoms with van der Waals surface area (Å²) in [5.41, 5.74) is -0.818. The second-order valence-corrected chi connectivity index (χ2v) is 5.90. The smallest absolute Gasteiger partial charge is 0.245 e. The number of halogens is 6. The Hall–Kier alpha value is -3.34. The third-order valence-electron chi connectivity index (χ3n) is 3.84. The molecule has 0 radical (unpaired) electrons. The SMILES string of the molecule is O=C(C=Cc1c(F)c(F)c(F)c(F)c1F)N[C@@H](CO)C(=O)NCc1ccc(F)cc1. The summed E-state index contributed by atoms with van der Waals surface area (Å²) in [6.45, 7) is -0.900. The molecule has 1 atom stereocenters. The number of hydrogen-bond donors (Lipinski definition) is 3. The molecule has 0 aliphatic rings. The van der Waals surface area contributed by atoms with E-state index < -0.39 is 64.9 Å². The quantitative estimate of drug-likeness (QED) is 0.272. The maximum absolute atomic E-state index is 13.6. The molecule has 0 aromatic heterocycles. The van der Waals surface area contributed by atoms with Crippen LogP contribution in [0.1, 0.15) is 11.1 Å². The lowest BCUT2D eigenvalue weighted by Gasteiger charge is -2.15. The molecular formula is C19H14F6N2O3. The predicted octanol–water partition coefficient (Wildman–Crippen LogP) is 2.33. The van der Waals surface area contributed by atoms with Gasteiger partial charge in [0.05, 0.1) is 12.2 Å². The molecule has 11 heteroatoms. The van der Waals surface area contributed by atoms with E-state index in [1.807, 2.05) is 5.32 Å². The summed E-state index contributed by atoms with van der Waals surface area (Å²) >= 11 is 0. The molecule has 0 fully saturated rings. The fourth-order valence-corrected chi connectivity index (χ4v) is 2.26. The van der Waals surface area contributed by atoms with Gasteiger partial charge >= 0.3 is 0 Å². The molecule has 3 N–H and O–H groups in total. The van der Waals surface area contributed by atoms with Gasteiger partial charge in [-0.1, -0.05) is 12.1 Å². The second kappa shape index (κ2) is 9.92. The Kier molecular flexibility index (Phi) is 7.59. The molecule has 5 nitrogen and oxygen atoms in total. The Morgan fingerprint density at radius 1 is 0.900 bits per heavy atom. The van der Waals surface area contributed by atoms with Crippen molar-refractivity contribution in [1.29, 1.82) is 0 Å². The van der Waals surface area contributed by atoms with Crippen molar-refractivity contribution in [1.82, 2.24) is 10.6 Å². The van der Waals surface area contributed by atoms with E-state index in [9.17, 15) is 41.0 Å². The van der Waals surface area contributed by atoms with Crippen LogP contribution < -0.4 is 10.6 Å². The zero-order chi connectivity index (χ0) is 22.4. The summed E-state index contributed by atoms with van der Waals surface area (Å²) in [6.07, 6.45) is 0.782. The van der Waals surface area contributed by atoms with Crippen LogP contribution >= 0.6 is 0 Å². The first-order valence-corrected chi connectivity index (χ1v) is 8.28. The average Bonchev–Trinajstić information content (AvgIpc) is 2.74. The number of nitrogens with one attached hydrogen (secondary N) is 2. The van der Waals surface area contributed by atoms with Crippen LogP contribution in [-0.2, 0) is 16.1 Å². The lowest BCUT2D eigenvalue weighted by Crippen LogP contribution is -2.48. The van der Waals surface area contributed by atoms with Crippen molar-refractivity contribution in [3.63, 3.8) is 0 Å². The van der Waals surface area contributed by atoms with Crippen LogP contribution in [0.25, 0.3) is 6.08 Å². The Balaban J connectivity index is 2.03. The Morgan fingerprint density at radius 3 is 1.97 bits per heavy atom. The highest BCUT2D eigenvalue weighted by molar-refractivity contribution is 5.95. The van der Waals surface area contributed by atoms with E-state index in [0.717, 1.165) is 12.1 Å². The normalized spacial score (nSPS) is 12.1. The fraction of sp³-hybridized carbons (Fsp3) is 0.158. The van der Waals surface area contributed by atoms with Gasteiger partial charge in [0.1, 0.15) is 11.9 Å². The Bertz CT molecular complexity index is 950. The van der Waals surface area contributed by atoms with Crippen molar-refractivity contribution < 1.29 is 41.0 Å². The maximum Gasteiger partial charge on any atom is 0.245 e. The summed E-state index contributed by atoms with van der Waals surface area (Å²) in [5.74, 6) is -13.4. The summed E-state index contributed by atoms with van der Waals surface area (Å²) in [6, 6.07) is 3.65. The van der Waals surface area contributed by atoms with Crippen LogP contribution in [0.3, 0.4) is 0 Å². The number of aliphatic hydroxyl groups is 1. The van der Waals surface area contributed by atoms with Gasteiger partial charge in [0.25, 0.3) is 0 Å². The number of aliphatic hydroxyl groups excluding tert-OH is 1. The number of amides is 2. The van der Waals surface area contributed by atoms with E-state index in [4.69, 9.17) is 0 Å². The minimum atomic E-state index is -2.34. The highest BCUT2D eigenvalue weighted by atomic mass is 19.2. The Morgan fingerprint density at radius 2 is 1.43 bits per heavy atom. The van der Waals surface area contributed by atoms with Gasteiger partial charge in [0.2, 0.25) is 17.6 Å². The van der Waals surface area contributed by atoms with Crippen molar-refractivity contribution in [3.05, 3.63) is 76.4 Å². The molecule has 30 heavy (non-hydrogen) atoms. The van der Waals surface area contributed by atoms with Gasteiger partial charge in [0, 0.05) is 12.6 Å². The van der Waals surface area contributed by atoms with E-state index in [2.05, 4.69) is 5.32 Å². The fourth-order valence-electron chi connectivity index (χ4n) is 2.26. The molecule has 2 rings (SSSR count). The van der Waals surface area contributed by atoms with Crippen LogP contribution in [0.2, 0.25) is 0 Å². The van der Waals surface area contributed by atoms with Crippen LogP contribution in [-0.4, -0.2) is 29.6 Å². The minimum Gasteiger partial charge on any atom is -0.394 e. The maximum atomic E-state index is 13.6. The van der Waals surface area contributed by atoms with Crippen molar-refractivity contribution in [2.45, 2.75) is 12.6 Å². The number of carbonyl (C=O) groups excluding carboxylic acids is 2. The molecule has 2 amide bonds. The number of benzene rings is 2. The van der Waals surface area contributed by atoms with Gasteiger partial charge in [-0.25, -0.2) is 26.3 Å². The summed E-state index contributed by atoms with van der Waals surface area (Å²) < 4.78 is 79.3. The first kappa shape index (κ1) is 22.9. The van der Waals surface area contributed by atoms with E-state index in [1.54, 1.807) is 0 Å². The van der Waals surface area contributed by atoms with E-state index in [1.165, 1.54) is 12.1 Å². The summed E-state index contributed by atoms with van der Waals surface area (Å²) in [5, 5.41) is 13.6. The third kappa shape index (κ3) is 5.38. The van der Waals surface area contributed by atoms with Gasteiger partial charge in [-0.15, -0.1) is 0 Å². The van der Waals surface area contributed by atoms with Gasteiger partial charge in [-0.3, -0.25) is 9.59 Å². The molecule has 160 valence electrons. The molecule has 0 heterocycles. The summed E-state index contributed by atoms with van der Waals surface area (Å²) in [7, 11) is 0. The van der Waals surface area contributed by atoms with E-state index in [0.29, 0.717) is 17.7 Å². The van der Waals surface area contributed by atoms with Crippen molar-refractivity contribution >= 4 is 17.9 Å². The average molecular weight is 432 g/mol. The standard InChI is InChI=1S/C19H14F6N2O3/c20-10-3-1-9(2-4-10)7-26-19(30)12(8-28)27-13(29)6-5-11-14(21)16(23)18(25)17(24)15(11)22/h1-6,12,28H,7-8H2,(H,26,30)(H,27,29)/t12-/m0/s1. The summed E-state index contributed by atoms with van der Waals surface area (Å²) in [4.78, 5) is 23.8. The molecule has 0 unspecified atom stereocenters. The zero-order valence-corrected chi connectivity index (χ0v) is 15.0. The molecule has 0 bridgehead atoms. The highest BCUT2D eigenvalue weighted by Gasteiger charge is 2.24. The van der Waals surface area contributed by atoms with Crippen LogP contribution in [0.5, 0.6) is 0 Å². The monoisotopic (exact) mass is 432 g/mol. The van der Waals surface area contributed by atoms with Crippen LogP contribution in [0, 0.1) is 34.9 Å². The lowest BCUT2D eigenvalue weighted by molar-refractivity contribution is -0.128. The zero-order valence-electron chi connectivity index (χ0n) is 15.0. The molecule has 0 aliphatic heterocycles. The van der Waals surface area contributed by atoms with Gasteiger partial charge in [-0.05, 0) is 23.8 Å². The van der Waals surface area contributed by atoms with Gasteiger partial charge in [-0.2, -0.15) is 0 Å². The minimum absolute atomic E-state index is 0.0497. The first-order chi connectivity index (χ1) is 14.1. The predicted molar refractivity (Wildman–Crippen MR) is 92.5 cm³/mol. The van der Waals surface area contributed by atoms with Crippen molar-refractivity contribution in [2.75, 3.05) is 6.61 Å². The number of carbonyl (C=O) groups is 2. The first-order valence-electron chi connectivity index (χ1n) is 8.28. The van der Waals surface area contributed by atoms with Gasteiger partial charge in [0.15, 0.2) is 23.3 Å². The van der Waals surface area contributed by atoms with Crippen molar-refractivity contribution in [2.24, 2.45) is 0 Å². The van der Waals surface area contributed by atoms with E-state index in [-0.39, 0.29) is 6.54 Å².